The number of thiophene rings is 1. The number of nitrogens with zero attached hydrogens (tertiary/aromatic N) is 3. The Bertz CT molecular complexity index is 443. The fourth-order valence-corrected chi connectivity index (χ4v) is 2.37. The van der Waals surface area contributed by atoms with Crippen LogP contribution in [0.2, 0.25) is 0 Å². The molecule has 0 fully saturated rings. The average molecular weight is 236 g/mol. The van der Waals surface area contributed by atoms with E-state index >= 15 is 0 Å². The normalized spacial score (nSPS) is 12.9. The summed E-state index contributed by atoms with van der Waals surface area (Å²) >= 11 is 1.66. The minimum atomic E-state index is 0.297. The molecule has 0 aromatic carbocycles. The van der Waals surface area contributed by atoms with E-state index in [1.807, 2.05) is 29.2 Å². The molecule has 1 unspecified atom stereocenters. The number of aryl methyl sites for hydroxylation is 1. The van der Waals surface area contributed by atoms with E-state index in [0.717, 1.165) is 22.9 Å². The zero-order valence-electron chi connectivity index (χ0n) is 9.55. The molecule has 4 nitrogen and oxygen atoms in total. The standard InChI is InChI=1S/C11H16N4S/c1-3-8(7-12)11-13-10(14-15(11)2)9-5-4-6-16-9/h4-6,8H,3,7,12H2,1-2H3. The van der Waals surface area contributed by atoms with Gasteiger partial charge in [-0.2, -0.15) is 5.10 Å². The first-order valence-electron chi connectivity index (χ1n) is 5.41. The third-order valence-electron chi connectivity index (χ3n) is 2.68. The minimum Gasteiger partial charge on any atom is -0.330 e. The second kappa shape index (κ2) is 4.76. The molecule has 0 bridgehead atoms. The summed E-state index contributed by atoms with van der Waals surface area (Å²) in [5, 5.41) is 6.46. The van der Waals surface area contributed by atoms with Gasteiger partial charge in [-0.05, 0) is 17.9 Å². The molecule has 2 heterocycles. The monoisotopic (exact) mass is 236 g/mol. The summed E-state index contributed by atoms with van der Waals surface area (Å²) in [6, 6.07) is 4.05. The first-order chi connectivity index (χ1) is 7.76. The fraction of sp³-hybridized carbons (Fsp3) is 0.455. The molecule has 86 valence electrons. The van der Waals surface area contributed by atoms with E-state index in [-0.39, 0.29) is 0 Å². The van der Waals surface area contributed by atoms with Crippen LogP contribution in [0.25, 0.3) is 10.7 Å². The largest absolute Gasteiger partial charge is 0.330 e. The lowest BCUT2D eigenvalue weighted by Gasteiger charge is -2.09. The highest BCUT2D eigenvalue weighted by Crippen LogP contribution is 2.24. The molecule has 0 aliphatic heterocycles. The van der Waals surface area contributed by atoms with E-state index in [1.54, 1.807) is 11.3 Å². The number of rotatable bonds is 4. The molecule has 5 heteroatoms. The first kappa shape index (κ1) is 11.3. The molecule has 0 spiro atoms. The van der Waals surface area contributed by atoms with Crippen molar-refractivity contribution in [2.45, 2.75) is 19.3 Å². The summed E-state index contributed by atoms with van der Waals surface area (Å²) in [5.74, 6) is 2.08. The van der Waals surface area contributed by atoms with Crippen molar-refractivity contribution in [3.05, 3.63) is 23.3 Å². The van der Waals surface area contributed by atoms with Crippen LogP contribution in [0.5, 0.6) is 0 Å². The van der Waals surface area contributed by atoms with Gasteiger partial charge in [0.2, 0.25) is 0 Å². The first-order valence-corrected chi connectivity index (χ1v) is 6.29. The van der Waals surface area contributed by atoms with Crippen LogP contribution in [-0.2, 0) is 7.05 Å². The van der Waals surface area contributed by atoms with Crippen molar-refractivity contribution in [1.29, 1.82) is 0 Å². The second-order valence-electron chi connectivity index (χ2n) is 3.74. The van der Waals surface area contributed by atoms with Crippen LogP contribution in [-0.4, -0.2) is 21.3 Å². The maximum atomic E-state index is 5.73. The van der Waals surface area contributed by atoms with Gasteiger partial charge in [0.15, 0.2) is 5.82 Å². The lowest BCUT2D eigenvalue weighted by Crippen LogP contribution is -2.16. The maximum Gasteiger partial charge on any atom is 0.191 e. The Kier molecular flexibility index (Phi) is 3.36. The van der Waals surface area contributed by atoms with Gasteiger partial charge >= 0.3 is 0 Å². The van der Waals surface area contributed by atoms with Crippen LogP contribution in [0.3, 0.4) is 0 Å². The van der Waals surface area contributed by atoms with Gasteiger partial charge in [0.25, 0.3) is 0 Å². The SMILES string of the molecule is CCC(CN)c1nc(-c2cccs2)nn1C. The summed E-state index contributed by atoms with van der Waals surface area (Å²) in [6.07, 6.45) is 0.993. The van der Waals surface area contributed by atoms with Gasteiger partial charge in [0.1, 0.15) is 5.82 Å². The van der Waals surface area contributed by atoms with Gasteiger partial charge in [-0.3, -0.25) is 4.68 Å². The topological polar surface area (TPSA) is 56.7 Å². The Balaban J connectivity index is 2.35. The predicted molar refractivity (Wildman–Crippen MR) is 66.4 cm³/mol. The Morgan fingerprint density at radius 3 is 2.94 bits per heavy atom. The molecule has 0 aliphatic rings. The Morgan fingerprint density at radius 1 is 1.56 bits per heavy atom. The van der Waals surface area contributed by atoms with Crippen molar-refractivity contribution in [2.24, 2.45) is 12.8 Å². The van der Waals surface area contributed by atoms with Crippen molar-refractivity contribution >= 4 is 11.3 Å². The highest BCUT2D eigenvalue weighted by molar-refractivity contribution is 7.13. The van der Waals surface area contributed by atoms with Crippen LogP contribution < -0.4 is 5.73 Å². The smallest absolute Gasteiger partial charge is 0.191 e. The lowest BCUT2D eigenvalue weighted by molar-refractivity contribution is 0.580. The van der Waals surface area contributed by atoms with Gasteiger partial charge in [-0.25, -0.2) is 4.98 Å². The highest BCUT2D eigenvalue weighted by atomic mass is 32.1. The molecule has 0 saturated carbocycles. The van der Waals surface area contributed by atoms with E-state index in [1.165, 1.54) is 0 Å². The van der Waals surface area contributed by atoms with Gasteiger partial charge in [-0.1, -0.05) is 13.0 Å². The van der Waals surface area contributed by atoms with Crippen LogP contribution in [0.15, 0.2) is 17.5 Å². The van der Waals surface area contributed by atoms with E-state index in [0.29, 0.717) is 12.5 Å². The summed E-state index contributed by atoms with van der Waals surface area (Å²) in [6.45, 7) is 2.74. The summed E-state index contributed by atoms with van der Waals surface area (Å²) in [4.78, 5) is 5.68. The van der Waals surface area contributed by atoms with Gasteiger partial charge in [0.05, 0.1) is 4.88 Å². The quantitative estimate of drug-likeness (QED) is 0.883. The van der Waals surface area contributed by atoms with E-state index in [2.05, 4.69) is 17.0 Å². The highest BCUT2D eigenvalue weighted by Gasteiger charge is 2.16. The summed E-state index contributed by atoms with van der Waals surface area (Å²) < 4.78 is 1.84. The Hall–Kier alpha value is -1.20. The molecule has 0 saturated heterocycles. The van der Waals surface area contributed by atoms with Crippen molar-refractivity contribution < 1.29 is 0 Å². The maximum absolute atomic E-state index is 5.73. The van der Waals surface area contributed by atoms with E-state index in [9.17, 15) is 0 Å². The predicted octanol–water partition coefficient (Wildman–Crippen LogP) is 2.00. The Morgan fingerprint density at radius 2 is 2.38 bits per heavy atom. The molecule has 1 atom stereocenters. The third kappa shape index (κ3) is 2.01. The van der Waals surface area contributed by atoms with Crippen LogP contribution in [0.1, 0.15) is 25.1 Å². The molecule has 2 aromatic heterocycles. The number of hydrogen-bond donors (Lipinski definition) is 1. The molecule has 0 aliphatic carbocycles. The number of hydrogen-bond acceptors (Lipinski definition) is 4. The number of aromatic nitrogens is 3. The molecular formula is C11H16N4S. The second-order valence-corrected chi connectivity index (χ2v) is 4.68. The van der Waals surface area contributed by atoms with E-state index in [4.69, 9.17) is 5.73 Å². The molecule has 0 radical (unpaired) electrons. The molecule has 0 amide bonds. The van der Waals surface area contributed by atoms with Gasteiger partial charge in [0, 0.05) is 19.5 Å². The number of nitrogens with two attached hydrogens (primary N) is 1. The molecule has 2 aromatic rings. The average Bonchev–Trinajstić information content (AvgIpc) is 2.90. The zero-order valence-corrected chi connectivity index (χ0v) is 10.4. The minimum absolute atomic E-state index is 0.297. The fourth-order valence-electron chi connectivity index (χ4n) is 1.72. The molecule has 16 heavy (non-hydrogen) atoms. The van der Waals surface area contributed by atoms with Gasteiger partial charge < -0.3 is 5.73 Å². The van der Waals surface area contributed by atoms with Crippen molar-refractivity contribution in [3.63, 3.8) is 0 Å². The summed E-state index contributed by atoms with van der Waals surface area (Å²) in [5.41, 5.74) is 5.73. The van der Waals surface area contributed by atoms with Crippen LogP contribution in [0, 0.1) is 0 Å². The van der Waals surface area contributed by atoms with Crippen LogP contribution in [0.4, 0.5) is 0 Å². The lowest BCUT2D eigenvalue weighted by atomic mass is 10.1. The summed E-state index contributed by atoms with van der Waals surface area (Å²) in [7, 11) is 1.93. The Labute approximate surface area is 99.1 Å². The molecule has 2 N–H and O–H groups in total. The van der Waals surface area contributed by atoms with Gasteiger partial charge in [-0.15, -0.1) is 11.3 Å². The zero-order chi connectivity index (χ0) is 11.5. The molecule has 2 rings (SSSR count). The third-order valence-corrected chi connectivity index (χ3v) is 3.55. The van der Waals surface area contributed by atoms with Crippen molar-refractivity contribution in [1.82, 2.24) is 14.8 Å². The van der Waals surface area contributed by atoms with Crippen molar-refractivity contribution in [2.75, 3.05) is 6.54 Å². The molecular weight excluding hydrogens is 220 g/mol. The van der Waals surface area contributed by atoms with Crippen LogP contribution >= 0.6 is 11.3 Å². The van der Waals surface area contributed by atoms with E-state index < -0.39 is 0 Å². The van der Waals surface area contributed by atoms with Crippen molar-refractivity contribution in [3.8, 4) is 10.7 Å².